The predicted molar refractivity (Wildman–Crippen MR) is 72.6 cm³/mol. The summed E-state index contributed by atoms with van der Waals surface area (Å²) >= 11 is 0. The third kappa shape index (κ3) is 3.24. The molecule has 1 aliphatic rings. The van der Waals surface area contributed by atoms with E-state index in [0.29, 0.717) is 19.1 Å². The molecule has 0 saturated heterocycles. The minimum absolute atomic E-state index is 0.0660. The van der Waals surface area contributed by atoms with Crippen LogP contribution in [0.5, 0.6) is 5.75 Å². The summed E-state index contributed by atoms with van der Waals surface area (Å²) in [5.41, 5.74) is 7.49. The Morgan fingerprint density at radius 1 is 1.28 bits per heavy atom. The standard InChI is InChI=1S/C15H23NO2/c1-11(12-7-8-12)15(16)13-5-3-4-6-14(13)18-10-9-17-2/h3-6,11-12,15H,7-10,16H2,1-2H3. The van der Waals surface area contributed by atoms with Crippen molar-refractivity contribution in [2.75, 3.05) is 20.3 Å². The van der Waals surface area contributed by atoms with E-state index in [-0.39, 0.29) is 6.04 Å². The van der Waals surface area contributed by atoms with Gasteiger partial charge in [-0.15, -0.1) is 0 Å². The number of benzene rings is 1. The smallest absolute Gasteiger partial charge is 0.124 e. The summed E-state index contributed by atoms with van der Waals surface area (Å²) in [5, 5.41) is 0. The summed E-state index contributed by atoms with van der Waals surface area (Å²) in [5.74, 6) is 2.22. The topological polar surface area (TPSA) is 44.5 Å². The van der Waals surface area contributed by atoms with E-state index in [1.807, 2.05) is 18.2 Å². The molecule has 2 rings (SSSR count). The van der Waals surface area contributed by atoms with Crippen LogP contribution in [0.25, 0.3) is 0 Å². The fourth-order valence-corrected chi connectivity index (χ4v) is 2.32. The van der Waals surface area contributed by atoms with E-state index in [9.17, 15) is 0 Å². The molecule has 0 spiro atoms. The Labute approximate surface area is 109 Å². The molecule has 0 aliphatic heterocycles. The average Bonchev–Trinajstić information content (AvgIpc) is 3.22. The number of hydrogen-bond acceptors (Lipinski definition) is 3. The van der Waals surface area contributed by atoms with Gasteiger partial charge in [0.25, 0.3) is 0 Å². The Bertz CT molecular complexity index is 377. The summed E-state index contributed by atoms with van der Waals surface area (Å²) in [6.07, 6.45) is 2.64. The molecule has 1 aliphatic carbocycles. The van der Waals surface area contributed by atoms with Gasteiger partial charge in [-0.25, -0.2) is 0 Å². The first-order valence-electron chi connectivity index (χ1n) is 6.70. The van der Waals surface area contributed by atoms with Crippen molar-refractivity contribution in [3.63, 3.8) is 0 Å². The highest BCUT2D eigenvalue weighted by Crippen LogP contribution is 2.43. The van der Waals surface area contributed by atoms with Crippen molar-refractivity contribution < 1.29 is 9.47 Å². The van der Waals surface area contributed by atoms with Crippen molar-refractivity contribution in [3.05, 3.63) is 29.8 Å². The molecule has 3 nitrogen and oxygen atoms in total. The monoisotopic (exact) mass is 249 g/mol. The van der Waals surface area contributed by atoms with Gasteiger partial charge in [0.2, 0.25) is 0 Å². The van der Waals surface area contributed by atoms with Crippen molar-refractivity contribution in [3.8, 4) is 5.75 Å². The Morgan fingerprint density at radius 3 is 2.67 bits per heavy atom. The van der Waals surface area contributed by atoms with Crippen LogP contribution in [0.4, 0.5) is 0 Å². The van der Waals surface area contributed by atoms with E-state index < -0.39 is 0 Å². The van der Waals surface area contributed by atoms with Crippen molar-refractivity contribution in [2.24, 2.45) is 17.6 Å². The molecule has 0 bridgehead atoms. The summed E-state index contributed by atoms with van der Waals surface area (Å²) in [4.78, 5) is 0. The lowest BCUT2D eigenvalue weighted by atomic mass is 9.91. The van der Waals surface area contributed by atoms with Gasteiger partial charge in [0.05, 0.1) is 6.61 Å². The summed E-state index contributed by atoms with van der Waals surface area (Å²) in [6.45, 7) is 3.41. The molecule has 1 aromatic rings. The predicted octanol–water partition coefficient (Wildman–Crippen LogP) is 2.76. The van der Waals surface area contributed by atoms with Crippen LogP contribution in [-0.2, 0) is 4.74 Å². The summed E-state index contributed by atoms with van der Waals surface area (Å²) in [7, 11) is 1.68. The maximum Gasteiger partial charge on any atom is 0.124 e. The average molecular weight is 249 g/mol. The molecule has 0 radical (unpaired) electrons. The highest BCUT2D eigenvalue weighted by Gasteiger charge is 2.33. The van der Waals surface area contributed by atoms with Gasteiger partial charge in [0, 0.05) is 18.7 Å². The third-order valence-corrected chi connectivity index (χ3v) is 3.76. The Morgan fingerprint density at radius 2 is 2.00 bits per heavy atom. The van der Waals surface area contributed by atoms with E-state index >= 15 is 0 Å². The van der Waals surface area contributed by atoms with E-state index in [4.69, 9.17) is 15.2 Å². The van der Waals surface area contributed by atoms with Crippen LogP contribution in [-0.4, -0.2) is 20.3 Å². The largest absolute Gasteiger partial charge is 0.491 e. The first kappa shape index (κ1) is 13.4. The molecule has 1 aromatic carbocycles. The van der Waals surface area contributed by atoms with E-state index in [1.54, 1.807) is 7.11 Å². The zero-order valence-corrected chi connectivity index (χ0v) is 11.3. The number of para-hydroxylation sites is 1. The molecular formula is C15H23NO2. The molecule has 18 heavy (non-hydrogen) atoms. The summed E-state index contributed by atoms with van der Waals surface area (Å²) < 4.78 is 10.7. The number of methoxy groups -OCH3 is 1. The molecule has 0 heterocycles. The number of nitrogens with two attached hydrogens (primary N) is 1. The third-order valence-electron chi connectivity index (χ3n) is 3.76. The van der Waals surface area contributed by atoms with Gasteiger partial charge in [-0.2, -0.15) is 0 Å². The number of ether oxygens (including phenoxy) is 2. The van der Waals surface area contributed by atoms with Gasteiger partial charge in [-0.3, -0.25) is 0 Å². The molecule has 1 saturated carbocycles. The maximum absolute atomic E-state index is 6.37. The molecule has 2 unspecified atom stereocenters. The zero-order chi connectivity index (χ0) is 13.0. The fourth-order valence-electron chi connectivity index (χ4n) is 2.32. The maximum atomic E-state index is 6.37. The van der Waals surface area contributed by atoms with Gasteiger partial charge in [-0.1, -0.05) is 25.1 Å². The van der Waals surface area contributed by atoms with E-state index in [0.717, 1.165) is 17.2 Å². The first-order valence-corrected chi connectivity index (χ1v) is 6.70. The van der Waals surface area contributed by atoms with Crippen LogP contribution >= 0.6 is 0 Å². The molecule has 0 aromatic heterocycles. The second-order valence-corrected chi connectivity index (χ2v) is 5.10. The molecule has 0 amide bonds. The Hall–Kier alpha value is -1.06. The molecule has 3 heteroatoms. The number of rotatable bonds is 7. The van der Waals surface area contributed by atoms with Crippen molar-refractivity contribution in [1.29, 1.82) is 0 Å². The minimum atomic E-state index is 0.0660. The van der Waals surface area contributed by atoms with Crippen molar-refractivity contribution >= 4 is 0 Å². The van der Waals surface area contributed by atoms with E-state index in [1.165, 1.54) is 12.8 Å². The van der Waals surface area contributed by atoms with Crippen molar-refractivity contribution in [1.82, 2.24) is 0 Å². The van der Waals surface area contributed by atoms with Crippen LogP contribution in [0.15, 0.2) is 24.3 Å². The van der Waals surface area contributed by atoms with Crippen LogP contribution in [0.2, 0.25) is 0 Å². The lowest BCUT2D eigenvalue weighted by molar-refractivity contribution is 0.145. The first-order chi connectivity index (χ1) is 8.74. The fraction of sp³-hybridized carbons (Fsp3) is 0.600. The second-order valence-electron chi connectivity index (χ2n) is 5.10. The highest BCUT2D eigenvalue weighted by atomic mass is 16.5. The van der Waals surface area contributed by atoms with Crippen LogP contribution in [0, 0.1) is 11.8 Å². The van der Waals surface area contributed by atoms with Crippen LogP contribution in [0.3, 0.4) is 0 Å². The van der Waals surface area contributed by atoms with Crippen molar-refractivity contribution in [2.45, 2.75) is 25.8 Å². The SMILES string of the molecule is COCCOc1ccccc1C(N)C(C)C1CC1. The molecule has 100 valence electrons. The van der Waals surface area contributed by atoms with E-state index in [2.05, 4.69) is 13.0 Å². The molecule has 2 atom stereocenters. The van der Waals surface area contributed by atoms with Gasteiger partial charge in [0.15, 0.2) is 0 Å². The Kier molecular flexibility index (Phi) is 4.61. The van der Waals surface area contributed by atoms with Gasteiger partial charge in [-0.05, 0) is 30.7 Å². The van der Waals surface area contributed by atoms with Gasteiger partial charge < -0.3 is 15.2 Å². The minimum Gasteiger partial charge on any atom is -0.491 e. The Balaban J connectivity index is 2.05. The number of hydrogen-bond donors (Lipinski definition) is 1. The molecule has 2 N–H and O–H groups in total. The lowest BCUT2D eigenvalue weighted by Gasteiger charge is -2.22. The highest BCUT2D eigenvalue weighted by molar-refractivity contribution is 5.36. The zero-order valence-electron chi connectivity index (χ0n) is 11.3. The second kappa shape index (κ2) is 6.21. The van der Waals surface area contributed by atoms with Gasteiger partial charge >= 0.3 is 0 Å². The normalized spacial score (nSPS) is 18.4. The van der Waals surface area contributed by atoms with Crippen LogP contribution < -0.4 is 10.5 Å². The van der Waals surface area contributed by atoms with Crippen LogP contribution in [0.1, 0.15) is 31.4 Å². The lowest BCUT2D eigenvalue weighted by Crippen LogP contribution is -2.21. The van der Waals surface area contributed by atoms with Gasteiger partial charge in [0.1, 0.15) is 12.4 Å². The summed E-state index contributed by atoms with van der Waals surface area (Å²) in [6, 6.07) is 8.14. The molecular weight excluding hydrogens is 226 g/mol. The molecule has 1 fully saturated rings. The quantitative estimate of drug-likeness (QED) is 0.756.